The molecule has 2 fully saturated rings. The van der Waals surface area contributed by atoms with Crippen LogP contribution in [0.15, 0.2) is 64.8 Å². The van der Waals surface area contributed by atoms with Crippen LogP contribution < -0.4 is 9.47 Å². The predicted molar refractivity (Wildman–Crippen MR) is 161 cm³/mol. The minimum atomic E-state index is 0.123. The summed E-state index contributed by atoms with van der Waals surface area (Å²) in [6.07, 6.45) is 8.69. The minimum absolute atomic E-state index is 0.123. The van der Waals surface area contributed by atoms with Gasteiger partial charge in [0.05, 0.1) is 13.3 Å². The van der Waals surface area contributed by atoms with Crippen molar-refractivity contribution in [2.45, 2.75) is 71.8 Å². The zero-order valence-corrected chi connectivity index (χ0v) is 24.1. The topological polar surface area (TPSA) is 63.4 Å². The summed E-state index contributed by atoms with van der Waals surface area (Å²) in [6.45, 7) is 7.04. The van der Waals surface area contributed by atoms with E-state index in [4.69, 9.17) is 14.6 Å². The second kappa shape index (κ2) is 10.8. The molecule has 2 saturated carbocycles. The maximum atomic E-state index is 9.97. The minimum Gasteiger partial charge on any atom is -0.508 e. The van der Waals surface area contributed by atoms with Gasteiger partial charge in [0.2, 0.25) is 0 Å². The lowest BCUT2D eigenvalue weighted by molar-refractivity contribution is 0.0955. The molecule has 0 radical (unpaired) electrons. The first-order valence-corrected chi connectivity index (χ1v) is 14.7. The number of phenolic OH excluding ortho intramolecular Hbond substituents is 1. The highest BCUT2D eigenvalue weighted by atomic mass is 16.5. The molecule has 0 unspecified atom stereocenters. The molecule has 0 spiro atoms. The van der Waals surface area contributed by atoms with Gasteiger partial charge in [0, 0.05) is 16.7 Å². The molecule has 3 aliphatic carbocycles. The number of ether oxygens (including phenoxy) is 2. The molecule has 0 saturated heterocycles. The molecule has 4 atom stereocenters. The summed E-state index contributed by atoms with van der Waals surface area (Å²) in [7, 11) is 1.69. The van der Waals surface area contributed by atoms with Crippen LogP contribution in [0.5, 0.6) is 17.2 Å². The van der Waals surface area contributed by atoms with Gasteiger partial charge >= 0.3 is 0 Å². The van der Waals surface area contributed by atoms with Gasteiger partial charge in [0.25, 0.3) is 0 Å². The Hall–Kier alpha value is -3.60. The van der Waals surface area contributed by atoms with Crippen molar-refractivity contribution in [3.05, 3.63) is 88.0 Å². The van der Waals surface area contributed by atoms with Crippen LogP contribution in [0, 0.1) is 31.1 Å². The Balaban J connectivity index is 1.17. The van der Waals surface area contributed by atoms with E-state index in [0.717, 1.165) is 47.5 Å². The number of benzene rings is 3. The Labute approximate surface area is 238 Å². The van der Waals surface area contributed by atoms with Gasteiger partial charge < -0.3 is 14.6 Å². The van der Waals surface area contributed by atoms with Crippen LogP contribution in [0.1, 0.15) is 78.3 Å². The zero-order chi connectivity index (χ0) is 27.9. The highest BCUT2D eigenvalue weighted by Crippen LogP contribution is 2.60. The maximum absolute atomic E-state index is 9.97. The Bertz CT molecular complexity index is 1480. The second-order valence-corrected chi connectivity index (χ2v) is 12.1. The summed E-state index contributed by atoms with van der Waals surface area (Å²) in [5, 5.41) is 19.4. The smallest absolute Gasteiger partial charge is 0.125 e. The van der Waals surface area contributed by atoms with Crippen molar-refractivity contribution in [2.24, 2.45) is 27.5 Å². The van der Waals surface area contributed by atoms with Crippen molar-refractivity contribution in [3.8, 4) is 17.2 Å². The maximum Gasteiger partial charge on any atom is 0.125 e. The first kappa shape index (κ1) is 26.6. The first-order valence-electron chi connectivity index (χ1n) is 14.7. The third-order valence-corrected chi connectivity index (χ3v) is 10.1. The second-order valence-electron chi connectivity index (χ2n) is 12.1. The summed E-state index contributed by atoms with van der Waals surface area (Å²) >= 11 is 0. The van der Waals surface area contributed by atoms with Gasteiger partial charge in [-0.05, 0) is 134 Å². The molecule has 0 heterocycles. The van der Waals surface area contributed by atoms with E-state index in [1.165, 1.54) is 41.7 Å². The van der Waals surface area contributed by atoms with Gasteiger partial charge in [-0.3, -0.25) is 0 Å². The Morgan fingerprint density at radius 3 is 2.73 bits per heavy atom. The SMILES string of the molecule is COc1ccc(/C=N\N=C2\CC[C@@H]3[C@@H]4CCc5cc(O)ccc5[C@@H]4CC[C@@]23C)cc1COc1cccc(C)c1C. The largest absolute Gasteiger partial charge is 0.508 e. The standard InChI is InChI=1S/C35H40N2O3/c1-22-6-5-7-32(23(22)2)40-21-26-18-24(8-14-33(26)39-4)20-36-37-34-15-13-31-30-11-9-25-19-27(38)10-12-28(25)29(30)16-17-35(31,34)3/h5-8,10,12,14,18-20,29-31,38H,9,11,13,15-17,21H2,1-4H3/b36-20-,37-34-/t29-,30+,31+,35+/m0/s1. The normalized spacial score (nSPS) is 26.4. The van der Waals surface area contributed by atoms with E-state index < -0.39 is 0 Å². The van der Waals surface area contributed by atoms with Gasteiger partial charge in [0.1, 0.15) is 23.9 Å². The van der Waals surface area contributed by atoms with Gasteiger partial charge in [-0.25, -0.2) is 0 Å². The van der Waals surface area contributed by atoms with Crippen LogP contribution in [-0.2, 0) is 13.0 Å². The molecule has 208 valence electrons. The van der Waals surface area contributed by atoms with E-state index in [1.54, 1.807) is 7.11 Å². The Morgan fingerprint density at radius 1 is 1.00 bits per heavy atom. The number of hydrogen-bond donors (Lipinski definition) is 1. The van der Waals surface area contributed by atoms with Gasteiger partial charge in [-0.15, -0.1) is 0 Å². The highest BCUT2D eigenvalue weighted by Gasteiger charge is 2.53. The lowest BCUT2D eigenvalue weighted by Crippen LogP contribution is -2.42. The molecule has 5 nitrogen and oxygen atoms in total. The lowest BCUT2D eigenvalue weighted by Gasteiger charge is -2.49. The fraction of sp³-hybridized carbons (Fsp3) is 0.429. The van der Waals surface area contributed by atoms with E-state index in [0.29, 0.717) is 30.1 Å². The number of aromatic hydroxyl groups is 1. The van der Waals surface area contributed by atoms with Gasteiger partial charge in [-0.2, -0.15) is 10.2 Å². The molecule has 3 aromatic carbocycles. The summed E-state index contributed by atoms with van der Waals surface area (Å²) in [6, 6.07) is 18.2. The molecule has 3 aromatic rings. The van der Waals surface area contributed by atoms with Crippen molar-refractivity contribution in [1.82, 2.24) is 0 Å². The summed E-state index contributed by atoms with van der Waals surface area (Å²) < 4.78 is 11.8. The summed E-state index contributed by atoms with van der Waals surface area (Å²) in [4.78, 5) is 0. The monoisotopic (exact) mass is 536 g/mol. The molecule has 3 aliphatic rings. The number of rotatable bonds is 6. The molecule has 5 heteroatoms. The van der Waals surface area contributed by atoms with Crippen molar-refractivity contribution in [2.75, 3.05) is 7.11 Å². The molecule has 1 N–H and O–H groups in total. The van der Waals surface area contributed by atoms with E-state index in [-0.39, 0.29) is 5.41 Å². The van der Waals surface area contributed by atoms with Crippen molar-refractivity contribution >= 4 is 11.9 Å². The fourth-order valence-electron chi connectivity index (χ4n) is 7.71. The average molecular weight is 537 g/mol. The van der Waals surface area contributed by atoms with Crippen molar-refractivity contribution < 1.29 is 14.6 Å². The molecular formula is C35H40N2O3. The van der Waals surface area contributed by atoms with Crippen LogP contribution in [0.3, 0.4) is 0 Å². The van der Waals surface area contributed by atoms with Crippen LogP contribution in [-0.4, -0.2) is 24.1 Å². The summed E-state index contributed by atoms with van der Waals surface area (Å²) in [5.74, 6) is 4.04. The van der Waals surface area contributed by atoms with Crippen LogP contribution >= 0.6 is 0 Å². The Morgan fingerprint density at radius 2 is 1.88 bits per heavy atom. The molecule has 40 heavy (non-hydrogen) atoms. The molecule has 6 rings (SSSR count). The number of methoxy groups -OCH3 is 1. The number of aryl methyl sites for hydroxylation is 2. The van der Waals surface area contributed by atoms with E-state index in [9.17, 15) is 5.11 Å². The van der Waals surface area contributed by atoms with Gasteiger partial charge in [-0.1, -0.05) is 25.1 Å². The van der Waals surface area contributed by atoms with E-state index in [1.807, 2.05) is 42.6 Å². The third-order valence-electron chi connectivity index (χ3n) is 10.1. The molecule has 0 aromatic heterocycles. The molecule has 0 amide bonds. The Kier molecular flexibility index (Phi) is 7.16. The third kappa shape index (κ3) is 4.80. The van der Waals surface area contributed by atoms with Gasteiger partial charge in [0.15, 0.2) is 0 Å². The number of nitrogens with zero attached hydrogens (tertiary/aromatic N) is 2. The zero-order valence-electron chi connectivity index (χ0n) is 24.1. The van der Waals surface area contributed by atoms with Crippen LogP contribution in [0.2, 0.25) is 0 Å². The number of phenols is 1. The average Bonchev–Trinajstić information content (AvgIpc) is 3.29. The highest BCUT2D eigenvalue weighted by molar-refractivity contribution is 5.93. The molecule has 0 bridgehead atoms. The van der Waals surface area contributed by atoms with Crippen LogP contribution in [0.25, 0.3) is 0 Å². The molecular weight excluding hydrogens is 496 g/mol. The lowest BCUT2D eigenvalue weighted by atomic mass is 9.55. The number of fused-ring (bicyclic) bond motifs is 5. The van der Waals surface area contributed by atoms with Crippen molar-refractivity contribution in [1.29, 1.82) is 0 Å². The predicted octanol–water partition coefficient (Wildman–Crippen LogP) is 7.93. The number of hydrogen-bond acceptors (Lipinski definition) is 5. The molecule has 0 aliphatic heterocycles. The van der Waals surface area contributed by atoms with E-state index in [2.05, 4.69) is 44.1 Å². The van der Waals surface area contributed by atoms with Crippen LogP contribution in [0.4, 0.5) is 0 Å². The summed E-state index contributed by atoms with van der Waals surface area (Å²) in [5.41, 5.74) is 8.54. The van der Waals surface area contributed by atoms with Crippen molar-refractivity contribution in [3.63, 3.8) is 0 Å². The first-order chi connectivity index (χ1) is 19.4. The fourth-order valence-corrected chi connectivity index (χ4v) is 7.71. The quantitative estimate of drug-likeness (QED) is 0.257. The van der Waals surface area contributed by atoms with E-state index >= 15 is 0 Å².